The van der Waals surface area contributed by atoms with Gasteiger partial charge in [-0.2, -0.15) is 0 Å². The Kier molecular flexibility index (Phi) is 2.58. The third kappa shape index (κ3) is 1.76. The third-order valence-electron chi connectivity index (χ3n) is 1.15. The predicted octanol–water partition coefficient (Wildman–Crippen LogP) is 2.21. The average molecular weight is 270 g/mol. The van der Waals surface area contributed by atoms with Crippen LogP contribution in [0.4, 0.5) is 14.5 Å². The minimum Gasteiger partial charge on any atom is -0.398 e. The molecule has 0 bridgehead atoms. The molecular weight excluding hydrogens is 265 g/mol. The molecular formula is C6H5F2IN2. The molecule has 1 rings (SSSR count). The second-order valence-corrected chi connectivity index (χ2v) is 2.98. The first kappa shape index (κ1) is 8.63. The van der Waals surface area contributed by atoms with E-state index < -0.39 is 6.43 Å². The van der Waals surface area contributed by atoms with Crippen LogP contribution < -0.4 is 5.73 Å². The van der Waals surface area contributed by atoms with Crippen LogP contribution in [-0.2, 0) is 0 Å². The number of hydrogen-bond donors (Lipinski definition) is 1. The van der Waals surface area contributed by atoms with Crippen LogP contribution in [0.15, 0.2) is 12.3 Å². The standard InChI is InChI=1S/C6H5F2IN2/c7-6(8)5-4(9)3(10)1-2-11-5/h1-2,6H,(H2,10,11). The van der Waals surface area contributed by atoms with Gasteiger partial charge in [0.05, 0.1) is 3.57 Å². The van der Waals surface area contributed by atoms with Crippen LogP contribution in [0.25, 0.3) is 0 Å². The van der Waals surface area contributed by atoms with Crippen LogP contribution in [-0.4, -0.2) is 4.98 Å². The average Bonchev–Trinajstić information content (AvgIpc) is 1.94. The van der Waals surface area contributed by atoms with E-state index in [2.05, 4.69) is 4.98 Å². The van der Waals surface area contributed by atoms with Gasteiger partial charge in [0, 0.05) is 11.9 Å². The molecule has 2 N–H and O–H groups in total. The summed E-state index contributed by atoms with van der Waals surface area (Å²) in [7, 11) is 0. The molecule has 0 radical (unpaired) electrons. The lowest BCUT2D eigenvalue weighted by Crippen LogP contribution is -1.98. The van der Waals surface area contributed by atoms with Gasteiger partial charge in [0.2, 0.25) is 0 Å². The van der Waals surface area contributed by atoms with E-state index in [1.165, 1.54) is 12.3 Å². The molecule has 0 amide bonds. The van der Waals surface area contributed by atoms with Crippen LogP contribution in [0.1, 0.15) is 12.1 Å². The van der Waals surface area contributed by atoms with Crippen LogP contribution in [0, 0.1) is 3.57 Å². The van der Waals surface area contributed by atoms with Gasteiger partial charge < -0.3 is 5.73 Å². The molecule has 2 nitrogen and oxygen atoms in total. The molecule has 5 heteroatoms. The molecule has 60 valence electrons. The number of alkyl halides is 2. The monoisotopic (exact) mass is 270 g/mol. The number of hydrogen-bond acceptors (Lipinski definition) is 2. The summed E-state index contributed by atoms with van der Waals surface area (Å²) in [6, 6.07) is 1.49. The Balaban J connectivity index is 3.17. The van der Waals surface area contributed by atoms with Crippen molar-refractivity contribution in [1.82, 2.24) is 4.98 Å². The fraction of sp³-hybridized carbons (Fsp3) is 0.167. The van der Waals surface area contributed by atoms with Crippen LogP contribution >= 0.6 is 22.6 Å². The normalized spacial score (nSPS) is 10.5. The zero-order valence-corrected chi connectivity index (χ0v) is 7.55. The highest BCUT2D eigenvalue weighted by molar-refractivity contribution is 14.1. The van der Waals surface area contributed by atoms with Gasteiger partial charge in [-0.1, -0.05) is 0 Å². The minimum absolute atomic E-state index is 0.245. The highest BCUT2D eigenvalue weighted by atomic mass is 127. The molecule has 0 atom stereocenters. The Hall–Kier alpha value is -0.460. The Bertz CT molecular complexity index is 265. The van der Waals surface area contributed by atoms with E-state index in [9.17, 15) is 8.78 Å². The summed E-state index contributed by atoms with van der Waals surface area (Å²) in [6.45, 7) is 0. The van der Waals surface area contributed by atoms with Gasteiger partial charge in [-0.05, 0) is 28.7 Å². The summed E-state index contributed by atoms with van der Waals surface area (Å²) in [5.41, 5.74) is 5.48. The van der Waals surface area contributed by atoms with Gasteiger partial charge in [0.25, 0.3) is 6.43 Å². The molecule has 0 saturated carbocycles. The molecule has 0 aliphatic rings. The van der Waals surface area contributed by atoms with Crippen molar-refractivity contribution < 1.29 is 8.78 Å². The van der Waals surface area contributed by atoms with Crippen molar-refractivity contribution in [3.8, 4) is 0 Å². The number of nitrogens with zero attached hydrogens (tertiary/aromatic N) is 1. The number of nitrogens with two attached hydrogens (primary N) is 1. The smallest absolute Gasteiger partial charge is 0.281 e. The summed E-state index contributed by atoms with van der Waals surface area (Å²) in [6.07, 6.45) is -1.27. The molecule has 0 saturated heterocycles. The SMILES string of the molecule is Nc1ccnc(C(F)F)c1I. The predicted molar refractivity (Wildman–Crippen MR) is 46.3 cm³/mol. The lowest BCUT2D eigenvalue weighted by Gasteiger charge is -2.03. The van der Waals surface area contributed by atoms with E-state index in [0.29, 0.717) is 9.26 Å². The molecule has 0 unspecified atom stereocenters. The molecule has 0 aliphatic carbocycles. The number of anilines is 1. The topological polar surface area (TPSA) is 38.9 Å². The maximum atomic E-state index is 12.1. The fourth-order valence-electron chi connectivity index (χ4n) is 0.628. The minimum atomic E-state index is -2.55. The van der Waals surface area contributed by atoms with Gasteiger partial charge in [0.15, 0.2) is 0 Å². The highest BCUT2D eigenvalue weighted by Crippen LogP contribution is 2.25. The Labute approximate surface area is 75.9 Å². The fourth-order valence-corrected chi connectivity index (χ4v) is 1.18. The Morgan fingerprint density at radius 1 is 1.55 bits per heavy atom. The molecule has 1 aromatic heterocycles. The number of aromatic nitrogens is 1. The van der Waals surface area contributed by atoms with E-state index in [0.717, 1.165) is 0 Å². The van der Waals surface area contributed by atoms with Gasteiger partial charge >= 0.3 is 0 Å². The zero-order chi connectivity index (χ0) is 8.43. The van der Waals surface area contributed by atoms with Crippen molar-refractivity contribution in [2.75, 3.05) is 5.73 Å². The van der Waals surface area contributed by atoms with Crippen LogP contribution in [0.2, 0.25) is 0 Å². The quantitative estimate of drug-likeness (QED) is 0.794. The molecule has 1 heterocycles. The summed E-state index contributed by atoms with van der Waals surface area (Å²) in [4.78, 5) is 3.50. The van der Waals surface area contributed by atoms with Crippen LogP contribution in [0.3, 0.4) is 0 Å². The lowest BCUT2D eigenvalue weighted by atomic mass is 10.3. The zero-order valence-electron chi connectivity index (χ0n) is 5.39. The highest BCUT2D eigenvalue weighted by Gasteiger charge is 2.13. The largest absolute Gasteiger partial charge is 0.398 e. The molecule has 11 heavy (non-hydrogen) atoms. The van der Waals surface area contributed by atoms with Crippen LogP contribution in [0.5, 0.6) is 0 Å². The van der Waals surface area contributed by atoms with Gasteiger partial charge in [-0.15, -0.1) is 0 Å². The molecule has 0 aliphatic heterocycles. The molecule has 0 fully saturated rings. The van der Waals surface area contributed by atoms with E-state index >= 15 is 0 Å². The first-order valence-electron chi connectivity index (χ1n) is 2.81. The second-order valence-electron chi connectivity index (χ2n) is 1.90. The first-order chi connectivity index (χ1) is 5.13. The van der Waals surface area contributed by atoms with Crippen molar-refractivity contribution in [3.05, 3.63) is 21.5 Å². The van der Waals surface area contributed by atoms with Gasteiger partial charge in [-0.25, -0.2) is 8.78 Å². The first-order valence-corrected chi connectivity index (χ1v) is 3.89. The number of rotatable bonds is 1. The lowest BCUT2D eigenvalue weighted by molar-refractivity contribution is 0.145. The maximum Gasteiger partial charge on any atom is 0.281 e. The van der Waals surface area contributed by atoms with E-state index in [-0.39, 0.29) is 5.69 Å². The number of halogens is 3. The second kappa shape index (κ2) is 3.29. The Morgan fingerprint density at radius 3 is 2.64 bits per heavy atom. The van der Waals surface area contributed by atoms with Crippen molar-refractivity contribution in [1.29, 1.82) is 0 Å². The van der Waals surface area contributed by atoms with Gasteiger partial charge in [0.1, 0.15) is 5.69 Å². The molecule has 0 spiro atoms. The number of nitrogen functional groups attached to an aromatic ring is 1. The summed E-state index contributed by atoms with van der Waals surface area (Å²) >= 11 is 1.75. The van der Waals surface area contributed by atoms with E-state index in [4.69, 9.17) is 5.73 Å². The summed E-state index contributed by atoms with van der Waals surface area (Å²) in [5.74, 6) is 0. The molecule has 0 aromatic carbocycles. The van der Waals surface area contributed by atoms with E-state index in [1.807, 2.05) is 0 Å². The van der Waals surface area contributed by atoms with Crippen molar-refractivity contribution in [2.45, 2.75) is 6.43 Å². The number of pyridine rings is 1. The maximum absolute atomic E-state index is 12.1. The third-order valence-corrected chi connectivity index (χ3v) is 2.33. The van der Waals surface area contributed by atoms with E-state index in [1.54, 1.807) is 22.6 Å². The summed E-state index contributed by atoms with van der Waals surface area (Å²) in [5, 5.41) is 0. The molecule has 1 aromatic rings. The van der Waals surface area contributed by atoms with Crippen molar-refractivity contribution in [3.63, 3.8) is 0 Å². The Morgan fingerprint density at radius 2 is 2.18 bits per heavy atom. The van der Waals surface area contributed by atoms with Gasteiger partial charge in [-0.3, -0.25) is 4.98 Å². The summed E-state index contributed by atoms with van der Waals surface area (Å²) < 4.78 is 24.5. The van der Waals surface area contributed by atoms with Crippen molar-refractivity contribution in [2.24, 2.45) is 0 Å². The van der Waals surface area contributed by atoms with Crippen molar-refractivity contribution >= 4 is 28.3 Å².